The summed E-state index contributed by atoms with van der Waals surface area (Å²) >= 11 is 0. The average molecular weight is 533 g/mol. The third kappa shape index (κ3) is 5.56. The third-order valence-electron chi connectivity index (χ3n) is 7.74. The summed E-state index contributed by atoms with van der Waals surface area (Å²) in [6.45, 7) is 5.26. The zero-order valence-corrected chi connectivity index (χ0v) is 22.2. The molecule has 10 heteroatoms. The van der Waals surface area contributed by atoms with Gasteiger partial charge in [-0.1, -0.05) is 36.4 Å². The van der Waals surface area contributed by atoms with Gasteiger partial charge in [0.25, 0.3) is 11.8 Å². The maximum absolute atomic E-state index is 13.2. The lowest BCUT2D eigenvalue weighted by atomic mass is 9.96. The minimum Gasteiger partial charge on any atom is -0.351 e. The minimum atomic E-state index is -1.21. The summed E-state index contributed by atoms with van der Waals surface area (Å²) in [6, 6.07) is 15.8. The second-order valence-electron chi connectivity index (χ2n) is 10.4. The van der Waals surface area contributed by atoms with Gasteiger partial charge in [0.15, 0.2) is 5.69 Å². The number of aromatic nitrogens is 2. The van der Waals surface area contributed by atoms with Crippen molar-refractivity contribution >= 4 is 17.7 Å². The first kappa shape index (κ1) is 26.6. The first-order valence-corrected chi connectivity index (χ1v) is 13.2. The van der Waals surface area contributed by atoms with Crippen LogP contribution in [0.4, 0.5) is 4.39 Å². The fourth-order valence-corrected chi connectivity index (χ4v) is 5.15. The third-order valence-corrected chi connectivity index (χ3v) is 7.74. The Morgan fingerprint density at radius 3 is 2.59 bits per heavy atom. The quantitative estimate of drug-likeness (QED) is 0.434. The summed E-state index contributed by atoms with van der Waals surface area (Å²) in [6.07, 6.45) is 1.84. The summed E-state index contributed by atoms with van der Waals surface area (Å²) in [5, 5.41) is 10.1. The largest absolute Gasteiger partial charge is 0.351 e. The number of likely N-dealkylation sites (N-methyl/N-ethyl adjacent to an activating group) is 1. The standard InChI is InChI=1S/C29H33FN6O3/c1-29(28(39)32-17-20-8-10-23(30)11-9-20)19-36-25(27(38)34(29)2)16-24(33-36)26(37)31-13-5-14-35-15-12-21-6-3-4-7-22(21)18-35/h3-4,6-11,16H,5,12-15,17-19H2,1-2H3,(H,31,37)(H,32,39)/t29-/m0/s1. The minimum absolute atomic E-state index is 0.101. The van der Waals surface area contributed by atoms with Crippen molar-refractivity contribution in [2.45, 2.75) is 44.9 Å². The van der Waals surface area contributed by atoms with E-state index in [0.29, 0.717) is 6.54 Å². The van der Waals surface area contributed by atoms with Gasteiger partial charge in [-0.15, -0.1) is 0 Å². The highest BCUT2D eigenvalue weighted by atomic mass is 19.1. The van der Waals surface area contributed by atoms with E-state index in [1.165, 1.54) is 38.9 Å². The number of nitrogens with one attached hydrogen (secondary N) is 2. The Balaban J connectivity index is 1.15. The highest BCUT2D eigenvalue weighted by Gasteiger charge is 2.46. The number of carbonyl (C=O) groups excluding carboxylic acids is 3. The second-order valence-corrected chi connectivity index (χ2v) is 10.4. The van der Waals surface area contributed by atoms with E-state index in [1.54, 1.807) is 26.1 Å². The van der Waals surface area contributed by atoms with E-state index >= 15 is 0 Å². The Hall–Kier alpha value is -4.05. The van der Waals surface area contributed by atoms with Crippen LogP contribution in [0.2, 0.25) is 0 Å². The van der Waals surface area contributed by atoms with Crippen LogP contribution in [0.5, 0.6) is 0 Å². The number of carbonyl (C=O) groups is 3. The number of nitrogens with zero attached hydrogens (tertiary/aromatic N) is 4. The zero-order valence-electron chi connectivity index (χ0n) is 22.2. The Bertz CT molecular complexity index is 1390. The molecule has 3 amide bonds. The van der Waals surface area contributed by atoms with Crippen molar-refractivity contribution in [1.82, 2.24) is 30.2 Å². The van der Waals surface area contributed by atoms with Crippen LogP contribution in [0.1, 0.15) is 51.0 Å². The van der Waals surface area contributed by atoms with Gasteiger partial charge in [0, 0.05) is 45.8 Å². The van der Waals surface area contributed by atoms with Gasteiger partial charge in [-0.25, -0.2) is 4.39 Å². The smallest absolute Gasteiger partial charge is 0.272 e. The summed E-state index contributed by atoms with van der Waals surface area (Å²) < 4.78 is 14.6. The molecular formula is C29H33FN6O3. The van der Waals surface area contributed by atoms with E-state index in [4.69, 9.17) is 0 Å². The Kier molecular flexibility index (Phi) is 7.47. The Labute approximate surface area is 227 Å². The molecule has 39 heavy (non-hydrogen) atoms. The van der Waals surface area contributed by atoms with Crippen LogP contribution in [0.15, 0.2) is 54.6 Å². The summed E-state index contributed by atoms with van der Waals surface area (Å²) in [5.74, 6) is -1.46. The molecule has 3 heterocycles. The van der Waals surface area contributed by atoms with Gasteiger partial charge in [-0.05, 0) is 48.6 Å². The van der Waals surface area contributed by atoms with E-state index in [0.717, 1.165) is 38.0 Å². The van der Waals surface area contributed by atoms with Crippen molar-refractivity contribution in [2.24, 2.45) is 0 Å². The average Bonchev–Trinajstić information content (AvgIpc) is 3.37. The van der Waals surface area contributed by atoms with Crippen molar-refractivity contribution in [3.8, 4) is 0 Å². The topological polar surface area (TPSA) is 99.6 Å². The van der Waals surface area contributed by atoms with E-state index in [2.05, 4.69) is 44.9 Å². The Morgan fingerprint density at radius 1 is 1.08 bits per heavy atom. The van der Waals surface area contributed by atoms with E-state index in [1.807, 2.05) is 0 Å². The molecule has 3 aromatic rings. The number of amides is 3. The van der Waals surface area contributed by atoms with Crippen molar-refractivity contribution in [3.05, 3.63) is 88.5 Å². The number of benzene rings is 2. The first-order valence-electron chi connectivity index (χ1n) is 13.2. The van der Waals surface area contributed by atoms with Gasteiger partial charge in [0.1, 0.15) is 17.1 Å². The van der Waals surface area contributed by atoms with E-state index in [-0.39, 0.29) is 42.1 Å². The van der Waals surface area contributed by atoms with Crippen LogP contribution in [-0.2, 0) is 30.8 Å². The highest BCUT2D eigenvalue weighted by molar-refractivity contribution is 6.01. The van der Waals surface area contributed by atoms with Gasteiger partial charge in [-0.2, -0.15) is 5.10 Å². The van der Waals surface area contributed by atoms with Crippen LogP contribution in [0.25, 0.3) is 0 Å². The molecule has 0 saturated carbocycles. The maximum Gasteiger partial charge on any atom is 0.272 e. The molecule has 0 aliphatic carbocycles. The summed E-state index contributed by atoms with van der Waals surface area (Å²) in [4.78, 5) is 42.8. The fourth-order valence-electron chi connectivity index (χ4n) is 5.15. The molecule has 0 bridgehead atoms. The summed E-state index contributed by atoms with van der Waals surface area (Å²) in [7, 11) is 1.56. The van der Waals surface area contributed by atoms with E-state index < -0.39 is 11.4 Å². The molecule has 0 radical (unpaired) electrons. The van der Waals surface area contributed by atoms with Crippen LogP contribution in [-0.4, -0.2) is 69.5 Å². The second kappa shape index (κ2) is 11.0. The number of halogens is 1. The number of hydrogen-bond acceptors (Lipinski definition) is 5. The lowest BCUT2D eigenvalue weighted by Crippen LogP contribution is -2.62. The molecule has 2 aliphatic rings. The van der Waals surface area contributed by atoms with Gasteiger partial charge in [-0.3, -0.25) is 24.0 Å². The molecule has 2 N–H and O–H groups in total. The van der Waals surface area contributed by atoms with Gasteiger partial charge in [0.05, 0.1) is 6.54 Å². The van der Waals surface area contributed by atoms with Crippen LogP contribution < -0.4 is 10.6 Å². The molecular weight excluding hydrogens is 499 g/mol. The van der Waals surface area contributed by atoms with Gasteiger partial charge >= 0.3 is 0 Å². The molecule has 204 valence electrons. The SMILES string of the molecule is CN1C(=O)c2cc(C(=O)NCCCN3CCc4ccccc4C3)nn2C[C@@]1(C)C(=O)NCc1ccc(F)cc1. The molecule has 1 atom stereocenters. The molecule has 0 saturated heterocycles. The molecule has 0 fully saturated rings. The van der Waals surface area contributed by atoms with E-state index in [9.17, 15) is 18.8 Å². The predicted octanol–water partition coefficient (Wildman–Crippen LogP) is 2.36. The van der Waals surface area contributed by atoms with Gasteiger partial charge in [0.2, 0.25) is 5.91 Å². The maximum atomic E-state index is 13.2. The molecule has 2 aromatic carbocycles. The number of fused-ring (bicyclic) bond motifs is 2. The molecule has 0 spiro atoms. The monoisotopic (exact) mass is 532 g/mol. The molecule has 1 aromatic heterocycles. The number of rotatable bonds is 8. The van der Waals surface area contributed by atoms with Crippen molar-refractivity contribution in [2.75, 3.05) is 26.7 Å². The first-order chi connectivity index (χ1) is 18.7. The van der Waals surface area contributed by atoms with Crippen molar-refractivity contribution < 1.29 is 18.8 Å². The van der Waals surface area contributed by atoms with Crippen LogP contribution in [0, 0.1) is 5.82 Å². The van der Waals surface area contributed by atoms with Crippen LogP contribution >= 0.6 is 0 Å². The molecule has 2 aliphatic heterocycles. The van der Waals surface area contributed by atoms with Crippen LogP contribution in [0.3, 0.4) is 0 Å². The molecule has 0 unspecified atom stereocenters. The lowest BCUT2D eigenvalue weighted by molar-refractivity contribution is -0.132. The normalized spacial score (nSPS) is 18.8. The number of hydrogen-bond donors (Lipinski definition) is 2. The Morgan fingerprint density at radius 2 is 1.82 bits per heavy atom. The van der Waals surface area contributed by atoms with Gasteiger partial charge < -0.3 is 15.5 Å². The van der Waals surface area contributed by atoms with Crippen molar-refractivity contribution in [1.29, 1.82) is 0 Å². The predicted molar refractivity (Wildman–Crippen MR) is 143 cm³/mol. The molecule has 9 nitrogen and oxygen atoms in total. The fraction of sp³-hybridized carbons (Fsp3) is 0.379. The summed E-state index contributed by atoms with van der Waals surface area (Å²) in [5.41, 5.74) is 2.71. The zero-order chi connectivity index (χ0) is 27.6. The molecule has 5 rings (SSSR count). The van der Waals surface area contributed by atoms with Crippen molar-refractivity contribution in [3.63, 3.8) is 0 Å². The highest BCUT2D eigenvalue weighted by Crippen LogP contribution is 2.26. The lowest BCUT2D eigenvalue weighted by Gasteiger charge is -2.40.